The normalized spacial score (nSPS) is 11.1. The largest absolute Gasteiger partial charge is 0.483 e. The van der Waals surface area contributed by atoms with Gasteiger partial charge in [-0.1, -0.05) is 18.2 Å². The summed E-state index contributed by atoms with van der Waals surface area (Å²) in [4.78, 5) is 12.6. The van der Waals surface area contributed by atoms with Gasteiger partial charge in [-0.05, 0) is 66.3 Å². The van der Waals surface area contributed by atoms with Crippen LogP contribution in [0, 0.1) is 11.8 Å². The molecule has 0 atom stereocenters. The van der Waals surface area contributed by atoms with Crippen molar-refractivity contribution >= 4 is 44.8 Å². The number of rotatable bonds is 5. The summed E-state index contributed by atoms with van der Waals surface area (Å²) < 4.78 is 13.9. The van der Waals surface area contributed by atoms with Crippen LogP contribution >= 0.6 is 28.1 Å². The highest BCUT2D eigenvalue weighted by atomic mass is 79.9. The molecule has 2 aromatic carbocycles. The number of hydrogen-bond donors (Lipinski definition) is 1. The van der Waals surface area contributed by atoms with Crippen LogP contribution in [0.2, 0.25) is 0 Å². The summed E-state index contributed by atoms with van der Waals surface area (Å²) >= 11 is 8.44. The summed E-state index contributed by atoms with van der Waals surface area (Å²) in [6.45, 7) is 3.64. The molecule has 0 radical (unpaired) electrons. The Bertz CT molecular complexity index is 1240. The number of carbonyl (C=O) groups excluding carboxylic acids is 1. The first-order valence-corrected chi connectivity index (χ1v) is 9.74. The Morgan fingerprint density at radius 3 is 2.71 bits per heavy atom. The molecular formula is C20H16BrN3O3S. The van der Waals surface area contributed by atoms with E-state index < -0.39 is 0 Å². The number of ketones is 1. The van der Waals surface area contributed by atoms with Gasteiger partial charge in [-0.15, -0.1) is 5.10 Å². The summed E-state index contributed by atoms with van der Waals surface area (Å²) in [5.74, 6) is 0.939. The van der Waals surface area contributed by atoms with Gasteiger partial charge in [0, 0.05) is 22.3 Å². The average molecular weight is 458 g/mol. The molecule has 4 aromatic rings. The van der Waals surface area contributed by atoms with Crippen LogP contribution in [0.4, 0.5) is 0 Å². The molecule has 0 amide bonds. The minimum absolute atomic E-state index is 0.00324. The fourth-order valence-corrected chi connectivity index (χ4v) is 3.93. The molecule has 0 aliphatic rings. The molecule has 0 saturated carbocycles. The first kappa shape index (κ1) is 18.6. The third-order valence-corrected chi connectivity index (χ3v) is 5.25. The van der Waals surface area contributed by atoms with E-state index in [4.69, 9.17) is 21.4 Å². The number of fused-ring (bicyclic) bond motifs is 1. The van der Waals surface area contributed by atoms with Gasteiger partial charge < -0.3 is 13.7 Å². The molecule has 0 unspecified atom stereocenters. The van der Waals surface area contributed by atoms with Crippen molar-refractivity contribution in [3.63, 3.8) is 0 Å². The molecule has 6 nitrogen and oxygen atoms in total. The predicted octanol–water partition coefficient (Wildman–Crippen LogP) is 5.53. The highest BCUT2D eigenvalue weighted by Gasteiger charge is 2.20. The van der Waals surface area contributed by atoms with Gasteiger partial charge in [0.25, 0.3) is 10.7 Å². The molecule has 8 heteroatoms. The second kappa shape index (κ2) is 7.37. The number of nitrogens with zero attached hydrogens (tertiary/aromatic N) is 2. The number of H-pyrrole nitrogens is 1. The van der Waals surface area contributed by atoms with Gasteiger partial charge >= 0.3 is 0 Å². The van der Waals surface area contributed by atoms with Crippen LogP contribution in [-0.2, 0) is 6.61 Å². The maximum Gasteiger partial charge on any atom is 0.284 e. The van der Waals surface area contributed by atoms with Crippen LogP contribution in [0.15, 0.2) is 51.4 Å². The van der Waals surface area contributed by atoms with Crippen LogP contribution in [0.5, 0.6) is 5.75 Å². The Morgan fingerprint density at radius 2 is 2.07 bits per heavy atom. The molecule has 1 N–H and O–H groups in total. The van der Waals surface area contributed by atoms with Crippen LogP contribution in [0.25, 0.3) is 16.6 Å². The van der Waals surface area contributed by atoms with Gasteiger partial charge in [0.05, 0.1) is 9.99 Å². The number of benzene rings is 2. The Balaban J connectivity index is 1.85. The molecule has 2 heterocycles. The topological polar surface area (TPSA) is 73.1 Å². The van der Waals surface area contributed by atoms with Crippen LogP contribution in [-0.4, -0.2) is 20.5 Å². The molecule has 0 saturated heterocycles. The number of ether oxygens (including phenoxy) is 1. The quantitative estimate of drug-likeness (QED) is 0.315. The third-order valence-electron chi connectivity index (χ3n) is 4.46. The zero-order chi connectivity index (χ0) is 19.8. The van der Waals surface area contributed by atoms with Gasteiger partial charge in [0.1, 0.15) is 5.75 Å². The Hall–Kier alpha value is -2.71. The van der Waals surface area contributed by atoms with Crippen molar-refractivity contribution in [2.75, 3.05) is 0 Å². The van der Waals surface area contributed by atoms with Crippen molar-refractivity contribution < 1.29 is 13.9 Å². The van der Waals surface area contributed by atoms with Gasteiger partial charge in [-0.3, -0.25) is 4.79 Å². The minimum Gasteiger partial charge on any atom is -0.483 e. The van der Waals surface area contributed by atoms with Crippen LogP contribution < -0.4 is 4.74 Å². The lowest BCUT2D eigenvalue weighted by Gasteiger charge is -2.10. The van der Waals surface area contributed by atoms with E-state index in [9.17, 15) is 4.79 Å². The van der Waals surface area contributed by atoms with E-state index in [1.807, 2.05) is 49.4 Å². The second-order valence-electron chi connectivity index (χ2n) is 6.28. The lowest BCUT2D eigenvalue weighted by atomic mass is 10.1. The molecule has 2 aromatic heterocycles. The molecule has 0 spiro atoms. The number of nitrogens with one attached hydrogen (secondary N) is 1. The van der Waals surface area contributed by atoms with E-state index in [0.717, 1.165) is 26.8 Å². The van der Waals surface area contributed by atoms with Gasteiger partial charge in [-0.2, -0.15) is 0 Å². The molecule has 142 valence electrons. The van der Waals surface area contributed by atoms with Crippen molar-refractivity contribution in [2.24, 2.45) is 0 Å². The van der Waals surface area contributed by atoms with Gasteiger partial charge in [0.2, 0.25) is 0 Å². The zero-order valence-corrected chi connectivity index (χ0v) is 17.6. The van der Waals surface area contributed by atoms with Gasteiger partial charge in [-0.25, -0.2) is 5.10 Å². The molecule has 28 heavy (non-hydrogen) atoms. The summed E-state index contributed by atoms with van der Waals surface area (Å²) in [6.07, 6.45) is 0. The molecule has 0 aliphatic heterocycles. The molecule has 0 fully saturated rings. The smallest absolute Gasteiger partial charge is 0.284 e. The van der Waals surface area contributed by atoms with E-state index in [1.165, 1.54) is 0 Å². The van der Waals surface area contributed by atoms with E-state index in [-0.39, 0.29) is 17.2 Å². The Morgan fingerprint density at radius 1 is 1.32 bits per heavy atom. The van der Waals surface area contributed by atoms with Crippen molar-refractivity contribution in [3.05, 3.63) is 68.9 Å². The fraction of sp³-hybridized carbons (Fsp3) is 0.150. The SMILES string of the molecule is CC(=O)c1c(C)n(-c2ccccc2)c2cc(Br)c(OCc3n[nH]c(=S)o3)cc12. The van der Waals surface area contributed by atoms with Crippen molar-refractivity contribution in [2.45, 2.75) is 20.5 Å². The Labute approximate surface area is 174 Å². The second-order valence-corrected chi connectivity index (χ2v) is 7.51. The number of aromatic amines is 1. The highest BCUT2D eigenvalue weighted by Crippen LogP contribution is 2.37. The fourth-order valence-electron chi connectivity index (χ4n) is 3.34. The average Bonchev–Trinajstić information content (AvgIpc) is 3.20. The summed E-state index contributed by atoms with van der Waals surface area (Å²) in [7, 11) is 0. The van der Waals surface area contributed by atoms with Crippen LogP contribution in [0.3, 0.4) is 0 Å². The number of Topliss-reactive ketones (excluding diaryl/α,β-unsaturated/α-hetero) is 1. The predicted molar refractivity (Wildman–Crippen MR) is 112 cm³/mol. The monoisotopic (exact) mass is 457 g/mol. The number of carbonyl (C=O) groups is 1. The molecule has 4 rings (SSSR count). The number of hydrogen-bond acceptors (Lipinski definition) is 5. The van der Waals surface area contributed by atoms with E-state index in [2.05, 4.69) is 30.7 Å². The first-order valence-electron chi connectivity index (χ1n) is 8.54. The zero-order valence-electron chi connectivity index (χ0n) is 15.2. The van der Waals surface area contributed by atoms with Crippen molar-refractivity contribution in [3.8, 4) is 11.4 Å². The maximum absolute atomic E-state index is 12.4. The highest BCUT2D eigenvalue weighted by molar-refractivity contribution is 9.10. The summed E-state index contributed by atoms with van der Waals surface area (Å²) in [5.41, 5.74) is 3.47. The van der Waals surface area contributed by atoms with E-state index >= 15 is 0 Å². The molecule has 0 bridgehead atoms. The van der Waals surface area contributed by atoms with Crippen molar-refractivity contribution in [1.29, 1.82) is 0 Å². The minimum atomic E-state index is 0.00324. The lowest BCUT2D eigenvalue weighted by molar-refractivity contribution is 0.101. The number of aromatic nitrogens is 3. The van der Waals surface area contributed by atoms with E-state index in [1.54, 1.807) is 6.92 Å². The Kier molecular flexibility index (Phi) is 4.91. The molecular weight excluding hydrogens is 442 g/mol. The standard InChI is InChI=1S/C20H16BrN3O3S/c1-11-19(12(2)25)14-8-17(26-10-18-22-23-20(28)27-18)15(21)9-16(14)24(11)13-6-4-3-5-7-13/h3-9H,10H2,1-2H3,(H,23,28). The maximum atomic E-state index is 12.4. The first-order chi connectivity index (χ1) is 13.5. The van der Waals surface area contributed by atoms with Gasteiger partial charge in [0.15, 0.2) is 12.4 Å². The molecule has 0 aliphatic carbocycles. The van der Waals surface area contributed by atoms with E-state index in [0.29, 0.717) is 17.2 Å². The van der Waals surface area contributed by atoms with Crippen molar-refractivity contribution in [1.82, 2.24) is 14.8 Å². The number of halogens is 1. The lowest BCUT2D eigenvalue weighted by Crippen LogP contribution is -1.99. The summed E-state index contributed by atoms with van der Waals surface area (Å²) in [5, 5.41) is 7.32. The third kappa shape index (κ3) is 3.29. The number of para-hydroxylation sites is 1. The van der Waals surface area contributed by atoms with Crippen LogP contribution in [0.1, 0.15) is 28.9 Å². The summed E-state index contributed by atoms with van der Waals surface area (Å²) in [6, 6.07) is 13.8.